The van der Waals surface area contributed by atoms with Crippen molar-refractivity contribution in [1.82, 2.24) is 9.97 Å². The number of carbonyl (C=O) groups excluding carboxylic acids is 1. The first-order valence-electron chi connectivity index (χ1n) is 6.70. The number of aromatic nitrogens is 2. The first kappa shape index (κ1) is 15.6. The van der Waals surface area contributed by atoms with E-state index in [0.717, 1.165) is 6.42 Å². The fourth-order valence-corrected chi connectivity index (χ4v) is 1.62. The van der Waals surface area contributed by atoms with Crippen LogP contribution in [0.4, 0.5) is 0 Å². The molecule has 0 N–H and O–H groups in total. The quantitative estimate of drug-likeness (QED) is 0.561. The third kappa shape index (κ3) is 4.59. The highest BCUT2D eigenvalue weighted by atomic mass is 16.5. The monoisotopic (exact) mass is 266 g/mol. The van der Waals surface area contributed by atoms with Gasteiger partial charge in [0.15, 0.2) is 5.82 Å². The van der Waals surface area contributed by atoms with Crippen LogP contribution in [0.15, 0.2) is 6.20 Å². The predicted molar refractivity (Wildman–Crippen MR) is 72.0 cm³/mol. The molecule has 0 aliphatic carbocycles. The number of hydrogen-bond acceptors (Lipinski definition) is 5. The van der Waals surface area contributed by atoms with E-state index in [1.54, 1.807) is 6.92 Å². The van der Waals surface area contributed by atoms with Gasteiger partial charge in [-0.1, -0.05) is 20.8 Å². The molecule has 0 aromatic carbocycles. The lowest BCUT2D eigenvalue weighted by molar-refractivity contribution is 0.0522. The second kappa shape index (κ2) is 7.84. The fourth-order valence-electron chi connectivity index (χ4n) is 1.62. The SMILES string of the molecule is CCCOCc1ncc(C(=O)OCC)c(C(C)C)n1. The van der Waals surface area contributed by atoms with E-state index in [2.05, 4.69) is 9.97 Å². The van der Waals surface area contributed by atoms with Gasteiger partial charge >= 0.3 is 5.97 Å². The summed E-state index contributed by atoms with van der Waals surface area (Å²) >= 11 is 0. The molecule has 5 heteroatoms. The van der Waals surface area contributed by atoms with Gasteiger partial charge in [0.25, 0.3) is 0 Å². The summed E-state index contributed by atoms with van der Waals surface area (Å²) in [7, 11) is 0. The molecule has 0 bridgehead atoms. The minimum Gasteiger partial charge on any atom is -0.462 e. The highest BCUT2D eigenvalue weighted by Gasteiger charge is 2.18. The molecule has 0 atom stereocenters. The van der Waals surface area contributed by atoms with Crippen LogP contribution in [0.1, 0.15) is 61.9 Å². The average molecular weight is 266 g/mol. The van der Waals surface area contributed by atoms with Crippen molar-refractivity contribution < 1.29 is 14.3 Å². The van der Waals surface area contributed by atoms with Crippen molar-refractivity contribution in [3.63, 3.8) is 0 Å². The Morgan fingerprint density at radius 3 is 2.68 bits per heavy atom. The Labute approximate surface area is 114 Å². The summed E-state index contributed by atoms with van der Waals surface area (Å²) in [5, 5.41) is 0. The zero-order valence-corrected chi connectivity index (χ0v) is 12.1. The largest absolute Gasteiger partial charge is 0.462 e. The summed E-state index contributed by atoms with van der Waals surface area (Å²) in [6, 6.07) is 0. The zero-order chi connectivity index (χ0) is 14.3. The van der Waals surface area contributed by atoms with Crippen LogP contribution in [0, 0.1) is 0 Å². The Morgan fingerprint density at radius 1 is 1.37 bits per heavy atom. The zero-order valence-electron chi connectivity index (χ0n) is 12.1. The number of esters is 1. The maximum absolute atomic E-state index is 11.8. The second-order valence-corrected chi connectivity index (χ2v) is 4.51. The van der Waals surface area contributed by atoms with E-state index in [0.29, 0.717) is 36.9 Å². The van der Waals surface area contributed by atoms with Gasteiger partial charge in [0.1, 0.15) is 6.61 Å². The maximum Gasteiger partial charge on any atom is 0.341 e. The minimum atomic E-state index is -0.368. The van der Waals surface area contributed by atoms with Crippen molar-refractivity contribution >= 4 is 5.97 Å². The van der Waals surface area contributed by atoms with Crippen molar-refractivity contribution in [3.8, 4) is 0 Å². The fraction of sp³-hybridized carbons (Fsp3) is 0.643. The van der Waals surface area contributed by atoms with Gasteiger partial charge in [-0.15, -0.1) is 0 Å². The minimum absolute atomic E-state index is 0.132. The Hall–Kier alpha value is -1.49. The molecule has 0 radical (unpaired) electrons. The molecular formula is C14H22N2O3. The van der Waals surface area contributed by atoms with Crippen molar-refractivity contribution in [2.45, 2.75) is 46.6 Å². The molecule has 0 fully saturated rings. The number of hydrogen-bond donors (Lipinski definition) is 0. The molecule has 0 spiro atoms. The van der Waals surface area contributed by atoms with Crippen LogP contribution >= 0.6 is 0 Å². The topological polar surface area (TPSA) is 61.3 Å². The molecule has 1 aromatic heterocycles. The van der Waals surface area contributed by atoms with Gasteiger partial charge in [-0.2, -0.15) is 0 Å². The van der Waals surface area contributed by atoms with Crippen molar-refractivity contribution in [3.05, 3.63) is 23.3 Å². The van der Waals surface area contributed by atoms with E-state index in [1.807, 2.05) is 20.8 Å². The van der Waals surface area contributed by atoms with Crippen molar-refractivity contribution in [2.24, 2.45) is 0 Å². The molecule has 106 valence electrons. The molecule has 19 heavy (non-hydrogen) atoms. The smallest absolute Gasteiger partial charge is 0.341 e. The van der Waals surface area contributed by atoms with Crippen LogP contribution in [-0.4, -0.2) is 29.2 Å². The molecule has 0 unspecified atom stereocenters. The summed E-state index contributed by atoms with van der Waals surface area (Å²) in [5.74, 6) is 0.366. The first-order chi connectivity index (χ1) is 9.10. The van der Waals surface area contributed by atoms with Crippen LogP contribution in [0.3, 0.4) is 0 Å². The van der Waals surface area contributed by atoms with Gasteiger partial charge in [0.05, 0.1) is 17.9 Å². The molecule has 0 amide bonds. The first-order valence-corrected chi connectivity index (χ1v) is 6.70. The molecular weight excluding hydrogens is 244 g/mol. The van der Waals surface area contributed by atoms with Crippen LogP contribution in [0.2, 0.25) is 0 Å². The van der Waals surface area contributed by atoms with Crippen LogP contribution in [-0.2, 0) is 16.1 Å². The van der Waals surface area contributed by atoms with E-state index >= 15 is 0 Å². The number of nitrogens with zero attached hydrogens (tertiary/aromatic N) is 2. The lowest BCUT2D eigenvalue weighted by atomic mass is 10.1. The Balaban J connectivity index is 2.91. The molecule has 0 saturated heterocycles. The van der Waals surface area contributed by atoms with E-state index in [9.17, 15) is 4.79 Å². The summed E-state index contributed by atoms with van der Waals surface area (Å²) < 4.78 is 10.4. The average Bonchev–Trinajstić information content (AvgIpc) is 2.39. The highest BCUT2D eigenvalue weighted by molar-refractivity contribution is 5.90. The van der Waals surface area contributed by atoms with Gasteiger partial charge in [-0.25, -0.2) is 14.8 Å². The predicted octanol–water partition coefficient (Wildman–Crippen LogP) is 2.70. The highest BCUT2D eigenvalue weighted by Crippen LogP contribution is 2.17. The van der Waals surface area contributed by atoms with E-state index < -0.39 is 0 Å². The van der Waals surface area contributed by atoms with Crippen LogP contribution in [0.5, 0.6) is 0 Å². The third-order valence-corrected chi connectivity index (χ3v) is 2.49. The van der Waals surface area contributed by atoms with Crippen molar-refractivity contribution in [2.75, 3.05) is 13.2 Å². The summed E-state index contributed by atoms with van der Waals surface area (Å²) in [5.41, 5.74) is 1.15. The number of rotatable bonds is 7. The Kier molecular flexibility index (Phi) is 6.42. The van der Waals surface area contributed by atoms with Gasteiger partial charge in [-0.05, 0) is 19.3 Å². The van der Waals surface area contributed by atoms with E-state index in [1.165, 1.54) is 6.20 Å². The molecule has 1 aromatic rings. The van der Waals surface area contributed by atoms with Crippen LogP contribution in [0.25, 0.3) is 0 Å². The number of carbonyl (C=O) groups is 1. The summed E-state index contributed by atoms with van der Waals surface area (Å²) in [6.07, 6.45) is 2.49. The lowest BCUT2D eigenvalue weighted by Crippen LogP contribution is -2.14. The molecule has 0 aliphatic heterocycles. The van der Waals surface area contributed by atoms with Gasteiger partial charge in [0, 0.05) is 12.8 Å². The van der Waals surface area contributed by atoms with Gasteiger partial charge < -0.3 is 9.47 Å². The normalized spacial score (nSPS) is 10.8. The molecule has 1 heterocycles. The molecule has 0 aliphatic rings. The standard InChI is InChI=1S/C14H22N2O3/c1-5-7-18-9-12-15-8-11(14(17)19-6-2)13(16-12)10(3)4/h8,10H,5-7,9H2,1-4H3. The molecule has 1 rings (SSSR count). The van der Waals surface area contributed by atoms with Gasteiger partial charge in [-0.3, -0.25) is 0 Å². The van der Waals surface area contributed by atoms with Crippen molar-refractivity contribution in [1.29, 1.82) is 0 Å². The lowest BCUT2D eigenvalue weighted by Gasteiger charge is -2.12. The molecule has 0 saturated carbocycles. The molecule has 5 nitrogen and oxygen atoms in total. The summed E-state index contributed by atoms with van der Waals surface area (Å²) in [4.78, 5) is 20.4. The van der Waals surface area contributed by atoms with Gasteiger partial charge in [0.2, 0.25) is 0 Å². The van der Waals surface area contributed by atoms with Crippen LogP contribution < -0.4 is 0 Å². The third-order valence-electron chi connectivity index (χ3n) is 2.49. The Bertz CT molecular complexity index is 419. The number of ether oxygens (including phenoxy) is 2. The second-order valence-electron chi connectivity index (χ2n) is 4.51. The van der Waals surface area contributed by atoms with E-state index in [4.69, 9.17) is 9.47 Å². The Morgan fingerprint density at radius 2 is 2.11 bits per heavy atom. The summed E-state index contributed by atoms with van der Waals surface area (Å²) in [6.45, 7) is 9.20. The van der Waals surface area contributed by atoms with E-state index in [-0.39, 0.29) is 11.9 Å². The maximum atomic E-state index is 11.8.